The van der Waals surface area contributed by atoms with Crippen molar-refractivity contribution in [3.63, 3.8) is 0 Å². The van der Waals surface area contributed by atoms with E-state index in [1.165, 1.54) is 21.8 Å². The number of pyridine rings is 1. The van der Waals surface area contributed by atoms with Crippen molar-refractivity contribution in [2.24, 2.45) is 0 Å². The van der Waals surface area contributed by atoms with Crippen LogP contribution in [0.15, 0.2) is 46.6 Å². The highest BCUT2D eigenvalue weighted by atomic mass is 32.1. The number of fused-ring (bicyclic) bond motifs is 1. The Hall–Kier alpha value is -2.71. The van der Waals surface area contributed by atoms with E-state index in [4.69, 9.17) is 0 Å². The Morgan fingerprint density at radius 3 is 2.89 bits per heavy atom. The van der Waals surface area contributed by atoms with Gasteiger partial charge in [-0.15, -0.1) is 11.3 Å². The van der Waals surface area contributed by atoms with Crippen LogP contribution in [-0.4, -0.2) is 29.9 Å². The van der Waals surface area contributed by atoms with Gasteiger partial charge in [0.1, 0.15) is 5.82 Å². The van der Waals surface area contributed by atoms with Crippen molar-refractivity contribution >= 4 is 46.0 Å². The molecule has 0 unspecified atom stereocenters. The van der Waals surface area contributed by atoms with Crippen LogP contribution in [0.1, 0.15) is 27.2 Å². The van der Waals surface area contributed by atoms with Gasteiger partial charge in [0, 0.05) is 41.9 Å². The summed E-state index contributed by atoms with van der Waals surface area (Å²) in [5.41, 5.74) is 2.66. The van der Waals surface area contributed by atoms with Gasteiger partial charge in [0.2, 0.25) is 5.91 Å². The van der Waals surface area contributed by atoms with E-state index in [-0.39, 0.29) is 18.2 Å². The third-order valence-electron chi connectivity index (χ3n) is 4.58. The van der Waals surface area contributed by atoms with E-state index in [1.807, 2.05) is 28.8 Å². The Balaban J connectivity index is 1.25. The average molecular weight is 413 g/mol. The maximum Gasteiger partial charge on any atom is 0.252 e. The molecule has 4 heterocycles. The van der Waals surface area contributed by atoms with Crippen LogP contribution < -0.4 is 15.5 Å². The van der Waals surface area contributed by atoms with Crippen LogP contribution in [0.2, 0.25) is 0 Å². The van der Waals surface area contributed by atoms with Crippen molar-refractivity contribution in [1.29, 1.82) is 0 Å². The lowest BCUT2D eigenvalue weighted by Crippen LogP contribution is -2.30. The van der Waals surface area contributed by atoms with Gasteiger partial charge in [0.25, 0.3) is 5.91 Å². The van der Waals surface area contributed by atoms with E-state index in [9.17, 15) is 9.59 Å². The molecule has 0 spiro atoms. The Labute approximate surface area is 171 Å². The van der Waals surface area contributed by atoms with E-state index < -0.39 is 0 Å². The number of amides is 2. The fourth-order valence-corrected chi connectivity index (χ4v) is 4.63. The molecule has 0 fully saturated rings. The Morgan fingerprint density at radius 2 is 2.11 bits per heavy atom. The average Bonchev–Trinajstić information content (AvgIpc) is 3.40. The van der Waals surface area contributed by atoms with Crippen LogP contribution in [-0.2, 0) is 17.8 Å². The fraction of sp³-hybridized carbons (Fsp3) is 0.250. The summed E-state index contributed by atoms with van der Waals surface area (Å²) in [6, 6.07) is 7.74. The summed E-state index contributed by atoms with van der Waals surface area (Å²) in [4.78, 5) is 32.1. The maximum absolute atomic E-state index is 12.1. The molecule has 4 rings (SSSR count). The Bertz CT molecular complexity index is 951. The molecule has 28 heavy (non-hydrogen) atoms. The molecule has 6 nitrogen and oxygen atoms in total. The van der Waals surface area contributed by atoms with Crippen LogP contribution in [0, 0.1) is 0 Å². The molecule has 1 aliphatic rings. The van der Waals surface area contributed by atoms with E-state index in [1.54, 1.807) is 17.6 Å². The van der Waals surface area contributed by atoms with Crippen molar-refractivity contribution in [2.45, 2.75) is 19.4 Å². The van der Waals surface area contributed by atoms with Crippen molar-refractivity contribution in [3.05, 3.63) is 62.6 Å². The minimum atomic E-state index is -0.157. The van der Waals surface area contributed by atoms with Crippen LogP contribution in [0.25, 0.3) is 0 Å². The number of carbonyl (C=O) groups is 2. The molecule has 0 atom stereocenters. The molecule has 0 aliphatic carbocycles. The number of carbonyl (C=O) groups excluding carboxylic acids is 2. The molecule has 8 heteroatoms. The number of aromatic nitrogens is 1. The van der Waals surface area contributed by atoms with Gasteiger partial charge in [-0.1, -0.05) is 0 Å². The summed E-state index contributed by atoms with van der Waals surface area (Å²) >= 11 is 3.29. The number of hydrogen-bond donors (Lipinski definition) is 2. The quantitative estimate of drug-likeness (QED) is 0.650. The van der Waals surface area contributed by atoms with Crippen molar-refractivity contribution in [2.75, 3.05) is 23.3 Å². The first-order valence-corrected chi connectivity index (χ1v) is 10.9. The second-order valence-electron chi connectivity index (χ2n) is 6.51. The first-order valence-electron chi connectivity index (χ1n) is 9.05. The van der Waals surface area contributed by atoms with Crippen molar-refractivity contribution < 1.29 is 9.59 Å². The Morgan fingerprint density at radius 1 is 1.18 bits per heavy atom. The molecule has 3 aromatic heterocycles. The number of rotatable bonds is 6. The standard InChI is InChI=1S/C20H20N4O2S2/c25-19(3-7-21-20(26)15-5-9-27-13-15)23-16-1-2-18(22-11-16)24-8-4-17-14(12-24)6-10-28-17/h1-2,5-6,9-11,13H,3-4,7-8,12H2,(H,21,26)(H,23,25). The maximum atomic E-state index is 12.1. The molecule has 144 valence electrons. The SMILES string of the molecule is O=C(CCNC(=O)c1ccsc1)Nc1ccc(N2CCc3sccc3C2)nc1. The lowest BCUT2D eigenvalue weighted by molar-refractivity contribution is -0.116. The lowest BCUT2D eigenvalue weighted by Gasteiger charge is -2.28. The molecule has 3 aromatic rings. The highest BCUT2D eigenvalue weighted by Gasteiger charge is 2.18. The zero-order chi connectivity index (χ0) is 19.3. The molecule has 1 aliphatic heterocycles. The van der Waals surface area contributed by atoms with Gasteiger partial charge < -0.3 is 15.5 Å². The number of hydrogen-bond acceptors (Lipinski definition) is 6. The molecule has 0 bridgehead atoms. The molecule has 0 aromatic carbocycles. The van der Waals surface area contributed by atoms with E-state index >= 15 is 0 Å². The topological polar surface area (TPSA) is 74.3 Å². The smallest absolute Gasteiger partial charge is 0.252 e. The highest BCUT2D eigenvalue weighted by Crippen LogP contribution is 2.27. The summed E-state index contributed by atoms with van der Waals surface area (Å²) in [6.45, 7) is 2.13. The van der Waals surface area contributed by atoms with Gasteiger partial charge in [-0.05, 0) is 47.0 Å². The summed E-state index contributed by atoms with van der Waals surface area (Å²) in [5, 5.41) is 11.3. The third-order valence-corrected chi connectivity index (χ3v) is 6.29. The zero-order valence-electron chi connectivity index (χ0n) is 15.2. The first kappa shape index (κ1) is 18.6. The van der Waals surface area contributed by atoms with Gasteiger partial charge >= 0.3 is 0 Å². The normalized spacial score (nSPS) is 13.1. The molecule has 2 N–H and O–H groups in total. The largest absolute Gasteiger partial charge is 0.352 e. The monoisotopic (exact) mass is 412 g/mol. The predicted octanol–water partition coefficient (Wildman–Crippen LogP) is 3.53. The number of thiophene rings is 2. The van der Waals surface area contributed by atoms with E-state index in [0.717, 1.165) is 25.3 Å². The second kappa shape index (κ2) is 8.53. The molecule has 0 saturated carbocycles. The fourth-order valence-electron chi connectivity index (χ4n) is 3.10. The number of nitrogens with one attached hydrogen (secondary N) is 2. The summed E-state index contributed by atoms with van der Waals surface area (Å²) in [6.07, 6.45) is 2.94. The van der Waals surface area contributed by atoms with Crippen molar-refractivity contribution in [1.82, 2.24) is 10.3 Å². The van der Waals surface area contributed by atoms with Crippen LogP contribution >= 0.6 is 22.7 Å². The minimum absolute atomic E-state index is 0.152. The Kier molecular flexibility index (Phi) is 5.68. The predicted molar refractivity (Wildman–Crippen MR) is 113 cm³/mol. The van der Waals surface area contributed by atoms with Gasteiger partial charge in [0.05, 0.1) is 11.9 Å². The minimum Gasteiger partial charge on any atom is -0.352 e. The summed E-state index contributed by atoms with van der Waals surface area (Å²) in [5.74, 6) is 0.606. The lowest BCUT2D eigenvalue weighted by atomic mass is 10.1. The number of nitrogens with zero attached hydrogens (tertiary/aromatic N) is 2. The summed E-state index contributed by atoms with van der Waals surface area (Å²) in [7, 11) is 0. The zero-order valence-corrected chi connectivity index (χ0v) is 16.8. The first-order chi connectivity index (χ1) is 13.7. The van der Waals surface area contributed by atoms with E-state index in [0.29, 0.717) is 17.8 Å². The molecule has 0 saturated heterocycles. The van der Waals surface area contributed by atoms with Crippen LogP contribution in [0.3, 0.4) is 0 Å². The van der Waals surface area contributed by atoms with Gasteiger partial charge in [-0.2, -0.15) is 11.3 Å². The third kappa shape index (κ3) is 4.40. The molecular weight excluding hydrogens is 392 g/mol. The van der Waals surface area contributed by atoms with Gasteiger partial charge in [0.15, 0.2) is 0 Å². The molecule has 0 radical (unpaired) electrons. The van der Waals surface area contributed by atoms with Crippen molar-refractivity contribution in [3.8, 4) is 0 Å². The number of anilines is 2. The highest BCUT2D eigenvalue weighted by molar-refractivity contribution is 7.10. The van der Waals surface area contributed by atoms with Gasteiger partial charge in [-0.3, -0.25) is 9.59 Å². The molecule has 2 amide bonds. The van der Waals surface area contributed by atoms with E-state index in [2.05, 4.69) is 32.0 Å². The van der Waals surface area contributed by atoms with Gasteiger partial charge in [-0.25, -0.2) is 4.98 Å². The second-order valence-corrected chi connectivity index (χ2v) is 8.29. The van der Waals surface area contributed by atoms with Crippen LogP contribution in [0.4, 0.5) is 11.5 Å². The molecular formula is C20H20N4O2S2. The van der Waals surface area contributed by atoms with Crippen LogP contribution in [0.5, 0.6) is 0 Å². The summed E-state index contributed by atoms with van der Waals surface area (Å²) < 4.78 is 0.